The number of aromatic amines is 1. The minimum atomic E-state index is -0.211. The van der Waals surface area contributed by atoms with Gasteiger partial charge in [0.05, 0.1) is 24.6 Å². The Morgan fingerprint density at radius 2 is 1.89 bits per heavy atom. The topological polar surface area (TPSA) is 99.3 Å². The van der Waals surface area contributed by atoms with Gasteiger partial charge in [-0.15, -0.1) is 0 Å². The summed E-state index contributed by atoms with van der Waals surface area (Å²) in [5.41, 5.74) is 3.79. The first-order valence-corrected chi connectivity index (χ1v) is 13.7. The van der Waals surface area contributed by atoms with Crippen molar-refractivity contribution < 1.29 is 14.3 Å². The van der Waals surface area contributed by atoms with Crippen LogP contribution < -0.4 is 10.6 Å². The van der Waals surface area contributed by atoms with Gasteiger partial charge in [-0.1, -0.05) is 43.2 Å². The number of methoxy groups -OCH3 is 1. The standard InChI is InChI=1S/C30H35N5O3/c1-38-18-26-22-14-17-35(27(22)21-6-2-4-8-24(21)33-26)30(37)23-7-3-5-9-25(23)34-29(36)20-12-10-19(11-13-20)28-31-15-16-32-28/h2,4,6,8,10-13,15-16,22-23,25-27,33H,3,5,7,9,14,17-18H2,1H3,(H,31,32)(H,34,36)/t22-,23-,25+,26-,27-/m0/s1. The van der Waals surface area contributed by atoms with Crippen molar-refractivity contribution in [1.29, 1.82) is 0 Å². The van der Waals surface area contributed by atoms with Crippen molar-refractivity contribution in [2.24, 2.45) is 11.8 Å². The highest BCUT2D eigenvalue weighted by molar-refractivity contribution is 5.95. The Hall–Kier alpha value is -3.65. The number of fused-ring (bicyclic) bond motifs is 3. The SMILES string of the molecule is COC[C@@H]1Nc2ccccc2[C@H]2[C@H]1CCN2C(=O)[C@H]1CCCC[C@H]1NC(=O)c1ccc(-c2ncc[nH]2)cc1. The number of benzene rings is 2. The molecule has 0 radical (unpaired) electrons. The summed E-state index contributed by atoms with van der Waals surface area (Å²) in [6.45, 7) is 1.34. The third kappa shape index (κ3) is 4.58. The number of nitrogens with zero attached hydrogens (tertiary/aromatic N) is 2. The number of likely N-dealkylation sites (tertiary alicyclic amines) is 1. The first kappa shape index (κ1) is 24.7. The van der Waals surface area contributed by atoms with Gasteiger partial charge in [-0.3, -0.25) is 9.59 Å². The number of nitrogens with one attached hydrogen (secondary N) is 3. The molecule has 3 aliphatic rings. The van der Waals surface area contributed by atoms with E-state index in [4.69, 9.17) is 4.74 Å². The lowest BCUT2D eigenvalue weighted by molar-refractivity contribution is -0.139. The molecule has 2 aliphatic heterocycles. The summed E-state index contributed by atoms with van der Waals surface area (Å²) in [6, 6.07) is 15.8. The fourth-order valence-corrected chi connectivity index (χ4v) is 6.69. The summed E-state index contributed by atoms with van der Waals surface area (Å²) in [5, 5.41) is 6.87. The molecule has 3 heterocycles. The number of aromatic nitrogens is 2. The molecule has 8 heteroatoms. The zero-order chi connectivity index (χ0) is 26.1. The summed E-state index contributed by atoms with van der Waals surface area (Å²) < 4.78 is 5.53. The minimum absolute atomic E-state index is 0.0347. The van der Waals surface area contributed by atoms with Crippen molar-refractivity contribution in [3.63, 3.8) is 0 Å². The summed E-state index contributed by atoms with van der Waals surface area (Å²) in [5.74, 6) is 0.900. The number of para-hydroxylation sites is 1. The van der Waals surface area contributed by atoms with Gasteiger partial charge >= 0.3 is 0 Å². The number of hydrogen-bond donors (Lipinski definition) is 3. The fourth-order valence-electron chi connectivity index (χ4n) is 6.69. The molecule has 1 aliphatic carbocycles. The number of rotatable bonds is 6. The molecule has 0 unspecified atom stereocenters. The maximum Gasteiger partial charge on any atom is 0.251 e. The highest BCUT2D eigenvalue weighted by atomic mass is 16.5. The molecule has 1 saturated heterocycles. The Balaban J connectivity index is 1.20. The van der Waals surface area contributed by atoms with Crippen LogP contribution in [0, 0.1) is 11.8 Å². The van der Waals surface area contributed by atoms with Crippen LogP contribution in [0.2, 0.25) is 0 Å². The van der Waals surface area contributed by atoms with Gasteiger partial charge in [0.25, 0.3) is 5.91 Å². The summed E-state index contributed by atoms with van der Waals surface area (Å²) >= 11 is 0. The van der Waals surface area contributed by atoms with E-state index in [1.165, 1.54) is 5.56 Å². The Kier molecular flexibility index (Phi) is 6.89. The van der Waals surface area contributed by atoms with Gasteiger partial charge in [0.2, 0.25) is 5.91 Å². The van der Waals surface area contributed by atoms with Crippen LogP contribution in [0.5, 0.6) is 0 Å². The van der Waals surface area contributed by atoms with Crippen LogP contribution in [0.25, 0.3) is 11.4 Å². The van der Waals surface area contributed by atoms with Crippen molar-refractivity contribution in [1.82, 2.24) is 20.2 Å². The second-order valence-corrected chi connectivity index (χ2v) is 10.7. The molecule has 1 aromatic heterocycles. The molecule has 2 amide bonds. The number of hydrogen-bond acceptors (Lipinski definition) is 5. The van der Waals surface area contributed by atoms with E-state index in [9.17, 15) is 9.59 Å². The predicted molar refractivity (Wildman–Crippen MR) is 146 cm³/mol. The van der Waals surface area contributed by atoms with Crippen molar-refractivity contribution in [2.75, 3.05) is 25.6 Å². The van der Waals surface area contributed by atoms with E-state index >= 15 is 0 Å². The molecule has 6 rings (SSSR count). The molecule has 1 saturated carbocycles. The maximum absolute atomic E-state index is 14.1. The lowest BCUT2D eigenvalue weighted by Crippen LogP contribution is -2.50. The molecule has 0 bridgehead atoms. The number of H-pyrrole nitrogens is 1. The first-order chi connectivity index (χ1) is 18.6. The van der Waals surface area contributed by atoms with Crippen molar-refractivity contribution in [2.45, 2.75) is 50.2 Å². The van der Waals surface area contributed by atoms with Gasteiger partial charge in [-0.25, -0.2) is 4.98 Å². The first-order valence-electron chi connectivity index (χ1n) is 13.7. The summed E-state index contributed by atoms with van der Waals surface area (Å²) in [4.78, 5) is 36.8. The van der Waals surface area contributed by atoms with Crippen molar-refractivity contribution in [3.8, 4) is 11.4 Å². The zero-order valence-corrected chi connectivity index (χ0v) is 21.7. The molecule has 2 fully saturated rings. The lowest BCUT2D eigenvalue weighted by atomic mass is 9.81. The van der Waals surface area contributed by atoms with Gasteiger partial charge in [-0.2, -0.15) is 0 Å². The largest absolute Gasteiger partial charge is 0.383 e. The van der Waals surface area contributed by atoms with Crippen LogP contribution >= 0.6 is 0 Å². The number of carbonyl (C=O) groups is 2. The molecule has 198 valence electrons. The van der Waals surface area contributed by atoms with Crippen LogP contribution in [0.15, 0.2) is 60.9 Å². The van der Waals surface area contributed by atoms with Gasteiger partial charge < -0.3 is 25.3 Å². The van der Waals surface area contributed by atoms with Crippen LogP contribution in [-0.4, -0.2) is 59.0 Å². The van der Waals surface area contributed by atoms with Gasteiger partial charge in [0.1, 0.15) is 5.82 Å². The highest BCUT2D eigenvalue weighted by Gasteiger charge is 2.48. The van der Waals surface area contributed by atoms with Gasteiger partial charge in [0, 0.05) is 54.8 Å². The zero-order valence-electron chi connectivity index (χ0n) is 21.7. The van der Waals surface area contributed by atoms with Crippen LogP contribution in [0.3, 0.4) is 0 Å². The molecule has 3 aromatic rings. The number of amides is 2. The summed E-state index contributed by atoms with van der Waals surface area (Å²) in [6.07, 6.45) is 8.07. The van der Waals surface area contributed by atoms with Crippen LogP contribution in [0.4, 0.5) is 5.69 Å². The second kappa shape index (κ2) is 10.6. The van der Waals surface area contributed by atoms with Gasteiger partial charge in [-0.05, 0) is 43.0 Å². The van der Waals surface area contributed by atoms with Crippen LogP contribution in [0.1, 0.15) is 54.1 Å². The Bertz CT molecular complexity index is 1280. The molecule has 38 heavy (non-hydrogen) atoms. The average molecular weight is 514 g/mol. The van der Waals surface area contributed by atoms with E-state index < -0.39 is 0 Å². The second-order valence-electron chi connectivity index (χ2n) is 10.7. The third-order valence-corrected chi connectivity index (χ3v) is 8.53. The predicted octanol–water partition coefficient (Wildman–Crippen LogP) is 4.40. The highest BCUT2D eigenvalue weighted by Crippen LogP contribution is 2.47. The number of carbonyl (C=O) groups excluding carboxylic acids is 2. The monoisotopic (exact) mass is 513 g/mol. The quantitative estimate of drug-likeness (QED) is 0.454. The normalized spacial score (nSPS) is 26.2. The molecule has 5 atom stereocenters. The van der Waals surface area contributed by atoms with E-state index in [1.54, 1.807) is 19.5 Å². The maximum atomic E-state index is 14.1. The number of anilines is 1. The molecule has 3 N–H and O–H groups in total. The molecule has 0 spiro atoms. The van der Waals surface area contributed by atoms with E-state index in [-0.39, 0.29) is 35.9 Å². The number of imidazole rings is 1. The Labute approximate surface area is 223 Å². The minimum Gasteiger partial charge on any atom is -0.383 e. The Morgan fingerprint density at radius 1 is 1.08 bits per heavy atom. The van der Waals surface area contributed by atoms with Gasteiger partial charge in [0.15, 0.2) is 0 Å². The lowest BCUT2D eigenvalue weighted by Gasteiger charge is -2.41. The average Bonchev–Trinajstić information content (AvgIpc) is 3.65. The third-order valence-electron chi connectivity index (χ3n) is 8.53. The smallest absolute Gasteiger partial charge is 0.251 e. The fraction of sp³-hybridized carbons (Fsp3) is 0.433. The van der Waals surface area contributed by atoms with Crippen molar-refractivity contribution >= 4 is 17.5 Å². The molecule has 2 aromatic carbocycles. The van der Waals surface area contributed by atoms with Crippen molar-refractivity contribution in [3.05, 3.63) is 72.1 Å². The van der Waals surface area contributed by atoms with E-state index in [2.05, 4.69) is 43.7 Å². The molecular weight excluding hydrogens is 478 g/mol. The van der Waals surface area contributed by atoms with Crippen LogP contribution in [-0.2, 0) is 9.53 Å². The molecular formula is C30H35N5O3. The van der Waals surface area contributed by atoms with E-state index in [0.29, 0.717) is 18.1 Å². The number of ether oxygens (including phenoxy) is 1. The van der Waals surface area contributed by atoms with E-state index in [1.807, 2.05) is 30.3 Å². The van der Waals surface area contributed by atoms with E-state index in [0.717, 1.165) is 55.7 Å². The Morgan fingerprint density at radius 3 is 2.68 bits per heavy atom. The molecule has 8 nitrogen and oxygen atoms in total. The summed E-state index contributed by atoms with van der Waals surface area (Å²) in [7, 11) is 1.73.